The van der Waals surface area contributed by atoms with E-state index in [1.165, 1.54) is 11.3 Å². The SMILES string of the molecule is O=C1NN=Cc2c[nH]c3cc(NC(=O)C4CC4c4cccc(N5CCOCC5)c4)cc1c23. The zero-order chi connectivity index (χ0) is 21.7. The fourth-order valence-electron chi connectivity index (χ4n) is 4.73. The number of nitrogens with zero attached hydrogens (tertiary/aromatic N) is 2. The van der Waals surface area contributed by atoms with Gasteiger partial charge in [0.05, 0.1) is 25.0 Å². The highest BCUT2D eigenvalue weighted by atomic mass is 16.5. The Morgan fingerprint density at radius 3 is 2.94 bits per heavy atom. The predicted molar refractivity (Wildman–Crippen MR) is 122 cm³/mol. The zero-order valence-corrected chi connectivity index (χ0v) is 17.4. The van der Waals surface area contributed by atoms with Crippen LogP contribution in [0.4, 0.5) is 11.4 Å². The second-order valence-electron chi connectivity index (χ2n) is 8.52. The summed E-state index contributed by atoms with van der Waals surface area (Å²) in [5.41, 5.74) is 7.63. The molecular weight excluding hydrogens is 406 g/mol. The molecule has 1 aromatic heterocycles. The lowest BCUT2D eigenvalue weighted by Crippen LogP contribution is -2.36. The van der Waals surface area contributed by atoms with Gasteiger partial charge in [0.2, 0.25) is 5.91 Å². The molecule has 8 heteroatoms. The summed E-state index contributed by atoms with van der Waals surface area (Å²) in [6, 6.07) is 12.1. The molecule has 2 amide bonds. The number of hydrogen-bond acceptors (Lipinski definition) is 5. The summed E-state index contributed by atoms with van der Waals surface area (Å²) in [4.78, 5) is 30.9. The number of aromatic nitrogens is 1. The summed E-state index contributed by atoms with van der Waals surface area (Å²) in [5.74, 6) is -0.156. The first-order chi connectivity index (χ1) is 15.7. The van der Waals surface area contributed by atoms with Gasteiger partial charge < -0.3 is 19.9 Å². The van der Waals surface area contributed by atoms with E-state index in [2.05, 4.69) is 50.0 Å². The van der Waals surface area contributed by atoms with Crippen molar-refractivity contribution in [2.45, 2.75) is 12.3 Å². The highest BCUT2D eigenvalue weighted by molar-refractivity contribution is 6.15. The molecule has 162 valence electrons. The minimum atomic E-state index is -0.287. The largest absolute Gasteiger partial charge is 0.378 e. The number of anilines is 2. The van der Waals surface area contributed by atoms with Gasteiger partial charge in [0, 0.05) is 53.0 Å². The fraction of sp³-hybridized carbons (Fsp3) is 0.292. The number of hydrogen-bond donors (Lipinski definition) is 3. The Balaban J connectivity index is 1.19. The molecule has 3 aliphatic rings. The molecule has 1 saturated carbocycles. The Bertz CT molecular complexity index is 1260. The van der Waals surface area contributed by atoms with Crippen LogP contribution in [0.3, 0.4) is 0 Å². The van der Waals surface area contributed by atoms with Gasteiger partial charge in [-0.3, -0.25) is 9.59 Å². The number of morpholine rings is 1. The van der Waals surface area contributed by atoms with Crippen LogP contribution in [0.5, 0.6) is 0 Å². The van der Waals surface area contributed by atoms with E-state index in [4.69, 9.17) is 4.74 Å². The van der Waals surface area contributed by atoms with Gasteiger partial charge in [-0.15, -0.1) is 0 Å². The number of hydrazone groups is 1. The average molecular weight is 429 g/mol. The summed E-state index contributed by atoms with van der Waals surface area (Å²) >= 11 is 0. The first kappa shape index (κ1) is 19.1. The van der Waals surface area contributed by atoms with Crippen LogP contribution in [0, 0.1) is 5.92 Å². The second-order valence-corrected chi connectivity index (χ2v) is 8.52. The van der Waals surface area contributed by atoms with Crippen molar-refractivity contribution in [3.63, 3.8) is 0 Å². The normalized spacial score (nSPS) is 21.9. The minimum absolute atomic E-state index is 0.0182. The molecule has 2 unspecified atom stereocenters. The molecule has 3 heterocycles. The van der Waals surface area contributed by atoms with Crippen molar-refractivity contribution in [3.8, 4) is 0 Å². The Labute approximate surface area is 184 Å². The maximum Gasteiger partial charge on any atom is 0.272 e. The van der Waals surface area contributed by atoms with E-state index in [1.54, 1.807) is 12.3 Å². The maximum absolute atomic E-state index is 13.0. The van der Waals surface area contributed by atoms with Gasteiger partial charge in [-0.05, 0) is 42.2 Å². The first-order valence-electron chi connectivity index (χ1n) is 10.9. The Kier molecular flexibility index (Phi) is 4.46. The molecule has 0 bridgehead atoms. The summed E-state index contributed by atoms with van der Waals surface area (Å²) in [5, 5.41) is 7.76. The van der Waals surface area contributed by atoms with Crippen molar-refractivity contribution in [1.82, 2.24) is 10.4 Å². The molecule has 6 rings (SSSR count). The second kappa shape index (κ2) is 7.49. The van der Waals surface area contributed by atoms with Crippen LogP contribution in [0.15, 0.2) is 47.7 Å². The number of nitrogens with one attached hydrogen (secondary N) is 3. The van der Waals surface area contributed by atoms with Crippen molar-refractivity contribution < 1.29 is 14.3 Å². The topological polar surface area (TPSA) is 98.8 Å². The number of rotatable bonds is 4. The van der Waals surface area contributed by atoms with E-state index in [-0.39, 0.29) is 23.7 Å². The number of H-pyrrole nitrogens is 1. The quantitative estimate of drug-likeness (QED) is 0.594. The molecular formula is C24H23N5O3. The van der Waals surface area contributed by atoms with Crippen molar-refractivity contribution >= 4 is 40.3 Å². The van der Waals surface area contributed by atoms with Gasteiger partial charge in [-0.2, -0.15) is 5.10 Å². The number of benzene rings is 2. The minimum Gasteiger partial charge on any atom is -0.378 e. The lowest BCUT2D eigenvalue weighted by Gasteiger charge is -2.29. The molecule has 0 spiro atoms. The summed E-state index contributed by atoms with van der Waals surface area (Å²) in [7, 11) is 0. The Morgan fingerprint density at radius 2 is 2.06 bits per heavy atom. The number of ether oxygens (including phenoxy) is 1. The van der Waals surface area contributed by atoms with Crippen LogP contribution in [0.1, 0.15) is 33.8 Å². The van der Waals surface area contributed by atoms with Crippen molar-refractivity contribution in [2.24, 2.45) is 11.0 Å². The predicted octanol–water partition coefficient (Wildman–Crippen LogP) is 2.82. The lowest BCUT2D eigenvalue weighted by atomic mass is 10.0. The number of aromatic amines is 1. The molecule has 2 aliphatic heterocycles. The van der Waals surface area contributed by atoms with Crippen LogP contribution >= 0.6 is 0 Å². The van der Waals surface area contributed by atoms with Crippen LogP contribution in [0.2, 0.25) is 0 Å². The van der Waals surface area contributed by atoms with Crippen molar-refractivity contribution in [3.05, 3.63) is 59.3 Å². The van der Waals surface area contributed by atoms with Gasteiger partial charge in [-0.25, -0.2) is 5.43 Å². The zero-order valence-electron chi connectivity index (χ0n) is 17.4. The smallest absolute Gasteiger partial charge is 0.272 e. The van der Waals surface area contributed by atoms with Gasteiger partial charge >= 0.3 is 0 Å². The van der Waals surface area contributed by atoms with E-state index >= 15 is 0 Å². The monoisotopic (exact) mass is 429 g/mol. The summed E-state index contributed by atoms with van der Waals surface area (Å²) < 4.78 is 5.45. The van der Waals surface area contributed by atoms with E-state index in [0.29, 0.717) is 11.3 Å². The summed E-state index contributed by atoms with van der Waals surface area (Å²) in [6.07, 6.45) is 4.25. The third kappa shape index (κ3) is 3.33. The third-order valence-corrected chi connectivity index (χ3v) is 6.49. The molecule has 32 heavy (non-hydrogen) atoms. The molecule has 0 radical (unpaired) electrons. The van der Waals surface area contributed by atoms with Gasteiger partial charge in [0.25, 0.3) is 5.91 Å². The highest BCUT2D eigenvalue weighted by Crippen LogP contribution is 2.48. The van der Waals surface area contributed by atoms with Crippen LogP contribution in [-0.2, 0) is 9.53 Å². The van der Waals surface area contributed by atoms with Crippen molar-refractivity contribution in [1.29, 1.82) is 0 Å². The molecule has 3 N–H and O–H groups in total. The third-order valence-electron chi connectivity index (χ3n) is 6.49. The molecule has 3 aromatic rings. The van der Waals surface area contributed by atoms with Gasteiger partial charge in [0.1, 0.15) is 0 Å². The fourth-order valence-corrected chi connectivity index (χ4v) is 4.73. The molecule has 1 saturated heterocycles. The average Bonchev–Trinajstić information content (AvgIpc) is 3.56. The summed E-state index contributed by atoms with van der Waals surface area (Å²) in [6.45, 7) is 3.28. The Morgan fingerprint density at radius 1 is 1.19 bits per heavy atom. The molecule has 1 aliphatic carbocycles. The number of amides is 2. The van der Waals surface area contributed by atoms with Gasteiger partial charge in [0.15, 0.2) is 0 Å². The molecule has 8 nitrogen and oxygen atoms in total. The Hall–Kier alpha value is -3.65. The molecule has 2 atom stereocenters. The van der Waals surface area contributed by atoms with E-state index in [9.17, 15) is 9.59 Å². The molecule has 2 fully saturated rings. The number of carbonyl (C=O) groups excluding carboxylic acids is 2. The van der Waals surface area contributed by atoms with Crippen LogP contribution in [-0.4, -0.2) is 49.3 Å². The van der Waals surface area contributed by atoms with Crippen LogP contribution in [0.25, 0.3) is 10.9 Å². The maximum atomic E-state index is 13.0. The molecule has 2 aromatic carbocycles. The lowest BCUT2D eigenvalue weighted by molar-refractivity contribution is -0.117. The van der Waals surface area contributed by atoms with Gasteiger partial charge in [-0.1, -0.05) is 12.1 Å². The number of carbonyl (C=O) groups is 2. The highest BCUT2D eigenvalue weighted by Gasteiger charge is 2.44. The van der Waals surface area contributed by atoms with Crippen molar-refractivity contribution in [2.75, 3.05) is 36.5 Å². The van der Waals surface area contributed by atoms with E-state index < -0.39 is 0 Å². The van der Waals surface area contributed by atoms with E-state index in [1.807, 2.05) is 12.3 Å². The van der Waals surface area contributed by atoms with Crippen LogP contribution < -0.4 is 15.6 Å². The standard InChI is InChI=1S/C24H23N5O3/c30-23(19-11-18(19)14-2-1-3-17(8-14)29-4-6-32-7-5-29)27-16-9-20-22-15(12-25-21(22)10-16)13-26-28-24(20)31/h1-3,8-10,12-13,18-19,25H,4-7,11H2,(H,27,30)(H,28,31). The van der Waals surface area contributed by atoms with E-state index in [0.717, 1.165) is 49.2 Å². The first-order valence-corrected chi connectivity index (χ1v) is 10.9.